The fourth-order valence-electron chi connectivity index (χ4n) is 4.47. The minimum Gasteiger partial charge on any atom is -0.463 e. The van der Waals surface area contributed by atoms with Crippen LogP contribution >= 0.6 is 11.6 Å². The van der Waals surface area contributed by atoms with Crippen LogP contribution in [0.4, 0.5) is 0 Å². The van der Waals surface area contributed by atoms with Crippen molar-refractivity contribution >= 4 is 41.4 Å². The fraction of sp³-hybridized carbons (Fsp3) is 0.414. The van der Waals surface area contributed by atoms with Crippen LogP contribution in [-0.4, -0.2) is 60.9 Å². The van der Waals surface area contributed by atoms with Crippen molar-refractivity contribution in [1.29, 1.82) is 0 Å². The number of carbonyl (C=O) groups excluding carboxylic acids is 5. The predicted octanol–water partition coefficient (Wildman–Crippen LogP) is 3.65. The Bertz CT molecular complexity index is 1290. The van der Waals surface area contributed by atoms with Crippen LogP contribution in [0.15, 0.2) is 42.5 Å². The summed E-state index contributed by atoms with van der Waals surface area (Å²) in [5.41, 5.74) is 2.07. The smallest absolute Gasteiger partial charge is 0.308 e. The van der Waals surface area contributed by atoms with Gasteiger partial charge >= 0.3 is 29.8 Å². The lowest BCUT2D eigenvalue weighted by Gasteiger charge is -2.44. The first-order valence-corrected chi connectivity index (χ1v) is 13.1. The monoisotopic (exact) mass is 590 g/mol. The third-order valence-electron chi connectivity index (χ3n) is 5.97. The van der Waals surface area contributed by atoms with Crippen LogP contribution in [0, 0.1) is 0 Å². The number of halogens is 1. The van der Waals surface area contributed by atoms with Gasteiger partial charge in [0.1, 0.15) is 24.6 Å². The van der Waals surface area contributed by atoms with Gasteiger partial charge in [0.15, 0.2) is 18.3 Å². The molecule has 11 nitrogen and oxygen atoms in total. The average Bonchev–Trinajstić information content (AvgIpc) is 2.86. The number of ether oxygens (including phenoxy) is 6. The van der Waals surface area contributed by atoms with Crippen LogP contribution in [-0.2, 0) is 54.1 Å². The molecule has 0 spiro atoms. The summed E-state index contributed by atoms with van der Waals surface area (Å²) in [5.74, 6) is -2.76. The van der Waals surface area contributed by atoms with Gasteiger partial charge in [-0.25, -0.2) is 0 Å². The molecule has 12 heteroatoms. The molecule has 1 aliphatic rings. The van der Waals surface area contributed by atoms with Gasteiger partial charge in [0.05, 0.1) is 0 Å². The molecule has 0 bridgehead atoms. The van der Waals surface area contributed by atoms with Gasteiger partial charge in [-0.15, -0.1) is 0 Å². The van der Waals surface area contributed by atoms with E-state index in [9.17, 15) is 24.0 Å². The Balaban J connectivity index is 2.02. The third kappa shape index (κ3) is 9.02. The minimum absolute atomic E-state index is 0.330. The molecule has 0 saturated carbocycles. The summed E-state index contributed by atoms with van der Waals surface area (Å²) in [7, 11) is 0. The molecule has 0 radical (unpaired) electrons. The molecule has 2 aromatic rings. The van der Waals surface area contributed by atoms with E-state index in [0.717, 1.165) is 19.4 Å². The van der Waals surface area contributed by atoms with E-state index in [-0.39, 0.29) is 6.61 Å². The van der Waals surface area contributed by atoms with Crippen molar-refractivity contribution in [1.82, 2.24) is 0 Å². The molecular formula is C29H31ClO11. The Morgan fingerprint density at radius 3 is 1.88 bits per heavy atom. The third-order valence-corrected chi connectivity index (χ3v) is 6.34. The summed E-state index contributed by atoms with van der Waals surface area (Å²) in [5, 5.41) is 0.448. The van der Waals surface area contributed by atoms with E-state index in [2.05, 4.69) is 0 Å². The van der Waals surface area contributed by atoms with E-state index in [0.29, 0.717) is 28.3 Å². The van der Waals surface area contributed by atoms with Gasteiger partial charge < -0.3 is 28.4 Å². The highest BCUT2D eigenvalue weighted by atomic mass is 35.5. The van der Waals surface area contributed by atoms with E-state index in [1.54, 1.807) is 42.5 Å². The van der Waals surface area contributed by atoms with Crippen LogP contribution < -0.4 is 4.74 Å². The molecule has 1 fully saturated rings. The normalized spacial score (nSPS) is 21.8. The maximum absolute atomic E-state index is 12.2. The molecule has 1 heterocycles. The number of rotatable bonds is 9. The second-order valence-corrected chi connectivity index (χ2v) is 9.79. The average molecular weight is 591 g/mol. The lowest BCUT2D eigenvalue weighted by Crippen LogP contribution is -2.59. The molecule has 0 N–H and O–H groups in total. The summed E-state index contributed by atoms with van der Waals surface area (Å²) in [6.07, 6.45) is -5.48. The zero-order valence-electron chi connectivity index (χ0n) is 23.2. The van der Waals surface area contributed by atoms with Crippen molar-refractivity contribution in [3.8, 4) is 5.75 Å². The SMILES string of the molecule is CC(=O)OC[C@H]1O[C@H](c2ccc(Cl)c(Cc3ccc(OC(C)=O)cc3)c2)[C@H](OC(C)=O)[C@@H](OC(C)=O)[C@@H]1OC(C)=O. The first-order chi connectivity index (χ1) is 19.3. The Hall–Kier alpha value is -3.96. The molecule has 0 aromatic heterocycles. The molecule has 0 amide bonds. The Kier molecular flexibility index (Phi) is 10.8. The number of carbonyl (C=O) groups is 5. The van der Waals surface area contributed by atoms with Gasteiger partial charge in [-0.3, -0.25) is 24.0 Å². The maximum atomic E-state index is 12.2. The van der Waals surface area contributed by atoms with Crippen LogP contribution in [0.3, 0.4) is 0 Å². The zero-order chi connectivity index (χ0) is 30.3. The van der Waals surface area contributed by atoms with Gasteiger partial charge in [0.25, 0.3) is 0 Å². The van der Waals surface area contributed by atoms with Crippen molar-refractivity contribution in [2.75, 3.05) is 6.61 Å². The molecule has 220 valence electrons. The van der Waals surface area contributed by atoms with Crippen LogP contribution in [0.5, 0.6) is 5.75 Å². The van der Waals surface area contributed by atoms with Crippen molar-refractivity contribution in [2.45, 2.75) is 71.6 Å². The lowest BCUT2D eigenvalue weighted by molar-refractivity contribution is -0.254. The van der Waals surface area contributed by atoms with E-state index < -0.39 is 60.4 Å². The van der Waals surface area contributed by atoms with E-state index in [4.69, 9.17) is 40.0 Å². The van der Waals surface area contributed by atoms with Gasteiger partial charge in [-0.1, -0.05) is 35.9 Å². The first-order valence-electron chi connectivity index (χ1n) is 12.7. The molecule has 1 aliphatic heterocycles. The van der Waals surface area contributed by atoms with Crippen LogP contribution in [0.25, 0.3) is 0 Å². The second kappa shape index (κ2) is 14.1. The minimum atomic E-state index is -1.28. The number of hydrogen-bond acceptors (Lipinski definition) is 11. The van der Waals surface area contributed by atoms with Gasteiger partial charge in [-0.05, 0) is 41.3 Å². The maximum Gasteiger partial charge on any atom is 0.308 e. The summed E-state index contributed by atoms with van der Waals surface area (Å²) in [4.78, 5) is 59.0. The Labute approximate surface area is 241 Å². The van der Waals surface area contributed by atoms with Crippen molar-refractivity contribution in [3.63, 3.8) is 0 Å². The second-order valence-electron chi connectivity index (χ2n) is 9.39. The number of benzene rings is 2. The van der Waals surface area contributed by atoms with Crippen molar-refractivity contribution in [2.24, 2.45) is 0 Å². The summed E-state index contributed by atoms with van der Waals surface area (Å²) >= 11 is 6.52. The molecule has 1 saturated heterocycles. The molecule has 2 aromatic carbocycles. The molecule has 3 rings (SSSR count). The van der Waals surface area contributed by atoms with E-state index in [1.165, 1.54) is 20.8 Å². The lowest BCUT2D eigenvalue weighted by atomic mass is 9.89. The van der Waals surface area contributed by atoms with Gasteiger partial charge in [-0.2, -0.15) is 0 Å². The van der Waals surface area contributed by atoms with Gasteiger partial charge in [0, 0.05) is 39.6 Å². The molecular weight excluding hydrogens is 560 g/mol. The van der Waals surface area contributed by atoms with E-state index in [1.807, 2.05) is 0 Å². The van der Waals surface area contributed by atoms with E-state index >= 15 is 0 Å². The largest absolute Gasteiger partial charge is 0.463 e. The Morgan fingerprint density at radius 2 is 1.32 bits per heavy atom. The summed E-state index contributed by atoms with van der Waals surface area (Å²) < 4.78 is 33.0. The predicted molar refractivity (Wildman–Crippen MR) is 143 cm³/mol. The first kappa shape index (κ1) is 31.6. The topological polar surface area (TPSA) is 141 Å². The van der Waals surface area contributed by atoms with Crippen molar-refractivity contribution < 1.29 is 52.4 Å². The summed E-state index contributed by atoms with van der Waals surface area (Å²) in [6, 6.07) is 12.0. The standard InChI is InChI=1S/C29H31ClO11/c1-15(31)36-14-25-27(38-17(3)33)29(40-19(5)35)28(39-18(4)34)26(41-25)21-8-11-24(30)22(13-21)12-20-6-9-23(10-7-20)37-16(2)32/h6-11,13,25-29H,12,14H2,1-5H3/t25-,26-,27-,28+,29+/m1/s1. The van der Waals surface area contributed by atoms with Gasteiger partial charge in [0.2, 0.25) is 0 Å². The number of hydrogen-bond donors (Lipinski definition) is 0. The summed E-state index contributed by atoms with van der Waals surface area (Å²) in [6.45, 7) is 5.69. The highest BCUT2D eigenvalue weighted by molar-refractivity contribution is 6.31. The highest BCUT2D eigenvalue weighted by Crippen LogP contribution is 2.39. The number of esters is 5. The van der Waals surface area contributed by atoms with Crippen molar-refractivity contribution in [3.05, 3.63) is 64.2 Å². The molecule has 41 heavy (non-hydrogen) atoms. The molecule has 5 atom stereocenters. The fourth-order valence-corrected chi connectivity index (χ4v) is 4.65. The quantitative estimate of drug-likeness (QED) is 0.240. The Morgan fingerprint density at radius 1 is 0.732 bits per heavy atom. The molecule has 0 unspecified atom stereocenters. The zero-order valence-corrected chi connectivity index (χ0v) is 24.0. The van der Waals surface area contributed by atoms with Crippen LogP contribution in [0.2, 0.25) is 5.02 Å². The molecule has 0 aliphatic carbocycles. The highest BCUT2D eigenvalue weighted by Gasteiger charge is 2.52. The van der Waals surface area contributed by atoms with Crippen LogP contribution in [0.1, 0.15) is 57.4 Å².